The van der Waals surface area contributed by atoms with Crippen LogP contribution >= 0.6 is 0 Å². The van der Waals surface area contributed by atoms with E-state index in [-0.39, 0.29) is 0 Å². The smallest absolute Gasteiger partial charge is 0.407 e. The van der Waals surface area contributed by atoms with E-state index in [1.807, 2.05) is 74.8 Å². The van der Waals surface area contributed by atoms with E-state index in [2.05, 4.69) is 20.6 Å². The monoisotopic (exact) mass is 367 g/mol. The molecule has 0 aliphatic heterocycles. The molecule has 0 aliphatic rings. The number of carbonyl (C=O) groups excluding carboxylic acids is 1. The Labute approximate surface area is 158 Å². The summed E-state index contributed by atoms with van der Waals surface area (Å²) in [7, 11) is 0. The van der Waals surface area contributed by atoms with Crippen LogP contribution in [0.5, 0.6) is 0 Å². The molecule has 0 unspecified atom stereocenters. The molecule has 1 amide bonds. The van der Waals surface area contributed by atoms with Gasteiger partial charge in [0.1, 0.15) is 11.3 Å². The van der Waals surface area contributed by atoms with Gasteiger partial charge in [-0.05, 0) is 39.8 Å². The van der Waals surface area contributed by atoms with Gasteiger partial charge in [0.25, 0.3) is 0 Å². The van der Waals surface area contributed by atoms with Gasteiger partial charge in [-0.3, -0.25) is 9.78 Å². The Morgan fingerprint density at radius 1 is 1.19 bits per heavy atom. The molecule has 3 rings (SSSR count). The second-order valence-electron chi connectivity index (χ2n) is 7.23. The Hall–Kier alpha value is -3.09. The third-order valence-electron chi connectivity index (χ3n) is 3.86. The molecule has 0 atom stereocenters. The molecule has 3 aromatic rings. The van der Waals surface area contributed by atoms with Gasteiger partial charge < -0.3 is 10.1 Å². The van der Waals surface area contributed by atoms with Crippen molar-refractivity contribution in [3.63, 3.8) is 0 Å². The number of alkyl carbamates (subject to hydrolysis) is 1. The Morgan fingerprint density at radius 2 is 1.93 bits per heavy atom. The van der Waals surface area contributed by atoms with Gasteiger partial charge in [-0.2, -0.15) is 10.2 Å². The first-order valence-corrected chi connectivity index (χ1v) is 9.00. The third-order valence-corrected chi connectivity index (χ3v) is 3.86. The van der Waals surface area contributed by atoms with Gasteiger partial charge in [0.2, 0.25) is 0 Å². The molecule has 0 fully saturated rings. The topological polar surface area (TPSA) is 84.8 Å². The molecular weight excluding hydrogens is 342 g/mol. The fraction of sp³-hybridized carbons (Fsp3) is 0.350. The zero-order valence-corrected chi connectivity index (χ0v) is 16.1. The van der Waals surface area contributed by atoms with Crippen LogP contribution in [0.4, 0.5) is 4.79 Å². The summed E-state index contributed by atoms with van der Waals surface area (Å²) in [6.07, 6.45) is -0.455. The van der Waals surface area contributed by atoms with Crippen LogP contribution in [0, 0.1) is 0 Å². The van der Waals surface area contributed by atoms with Crippen LogP contribution in [0.2, 0.25) is 0 Å². The van der Waals surface area contributed by atoms with E-state index in [9.17, 15) is 4.79 Å². The summed E-state index contributed by atoms with van der Waals surface area (Å²) in [5.41, 5.74) is 3.95. The highest BCUT2D eigenvalue weighted by molar-refractivity contribution is 5.68. The summed E-state index contributed by atoms with van der Waals surface area (Å²) in [4.78, 5) is 11.8. The molecule has 2 heterocycles. The van der Waals surface area contributed by atoms with Crippen molar-refractivity contribution in [2.24, 2.45) is 0 Å². The highest BCUT2D eigenvalue weighted by atomic mass is 16.6. The first kappa shape index (κ1) is 18.7. The number of hydrogen-bond acceptors (Lipinski definition) is 4. The van der Waals surface area contributed by atoms with Crippen molar-refractivity contribution >= 4 is 6.09 Å². The van der Waals surface area contributed by atoms with E-state index in [0.29, 0.717) is 6.54 Å². The average Bonchev–Trinajstić information content (AvgIpc) is 3.26. The molecule has 2 aromatic heterocycles. The van der Waals surface area contributed by atoms with Crippen LogP contribution in [-0.4, -0.2) is 31.7 Å². The maximum absolute atomic E-state index is 11.8. The Kier molecular flexibility index (Phi) is 5.30. The number of benzene rings is 1. The van der Waals surface area contributed by atoms with Crippen molar-refractivity contribution < 1.29 is 9.53 Å². The lowest BCUT2D eigenvalue weighted by Crippen LogP contribution is -2.32. The number of nitrogens with one attached hydrogen (secondary N) is 2. The predicted molar refractivity (Wildman–Crippen MR) is 104 cm³/mol. The lowest BCUT2D eigenvalue weighted by atomic mass is 10.1. The number of H-pyrrole nitrogens is 1. The molecule has 7 heteroatoms. The van der Waals surface area contributed by atoms with Crippen LogP contribution in [0.1, 0.15) is 33.4 Å². The molecule has 1 aromatic carbocycles. The summed E-state index contributed by atoms with van der Waals surface area (Å²) in [5.74, 6) is 0. The number of ether oxygens (including phenoxy) is 1. The minimum atomic E-state index is -0.523. The summed E-state index contributed by atoms with van der Waals surface area (Å²) in [5, 5.41) is 14.7. The van der Waals surface area contributed by atoms with Crippen molar-refractivity contribution in [3.05, 3.63) is 48.2 Å². The maximum Gasteiger partial charge on any atom is 0.407 e. The molecule has 142 valence electrons. The highest BCUT2D eigenvalue weighted by Gasteiger charge is 2.17. The van der Waals surface area contributed by atoms with Crippen molar-refractivity contribution in [3.8, 4) is 22.6 Å². The molecular formula is C20H25N5O2. The number of carbonyl (C=O) groups is 1. The maximum atomic E-state index is 11.8. The van der Waals surface area contributed by atoms with Crippen molar-refractivity contribution in [1.29, 1.82) is 0 Å². The fourth-order valence-corrected chi connectivity index (χ4v) is 2.68. The molecule has 0 saturated heterocycles. The minimum Gasteiger partial charge on any atom is -0.444 e. The van der Waals surface area contributed by atoms with E-state index in [4.69, 9.17) is 4.74 Å². The molecule has 0 saturated carbocycles. The van der Waals surface area contributed by atoms with Crippen LogP contribution in [0.3, 0.4) is 0 Å². The molecule has 27 heavy (non-hydrogen) atoms. The zero-order chi connectivity index (χ0) is 19.4. The van der Waals surface area contributed by atoms with Crippen molar-refractivity contribution in [2.75, 3.05) is 0 Å². The summed E-state index contributed by atoms with van der Waals surface area (Å²) in [6.45, 7) is 8.59. The zero-order valence-electron chi connectivity index (χ0n) is 16.1. The second-order valence-corrected chi connectivity index (χ2v) is 7.23. The number of aromatic amines is 1. The van der Waals surface area contributed by atoms with E-state index < -0.39 is 11.7 Å². The molecule has 0 spiro atoms. The minimum absolute atomic E-state index is 0.313. The van der Waals surface area contributed by atoms with Gasteiger partial charge in [-0.1, -0.05) is 30.3 Å². The van der Waals surface area contributed by atoms with Crippen LogP contribution in [0.15, 0.2) is 42.5 Å². The van der Waals surface area contributed by atoms with Gasteiger partial charge >= 0.3 is 6.09 Å². The Balaban J connectivity index is 1.74. The standard InChI is InChI=1S/C20H25N5O2/c1-5-25-18(12-16(24-25)14-9-7-6-8-10-14)17-11-15(22-23-17)13-21-19(26)27-20(2,3)4/h6-12H,5,13H2,1-4H3,(H,21,26)(H,22,23). The van der Waals surface area contributed by atoms with Crippen LogP contribution < -0.4 is 5.32 Å². The predicted octanol–water partition coefficient (Wildman–Crippen LogP) is 3.98. The Morgan fingerprint density at radius 3 is 2.59 bits per heavy atom. The number of aromatic nitrogens is 4. The third kappa shape index (κ3) is 4.75. The first-order valence-electron chi connectivity index (χ1n) is 9.00. The Bertz CT molecular complexity index is 906. The molecule has 0 bridgehead atoms. The first-order chi connectivity index (χ1) is 12.9. The van der Waals surface area contributed by atoms with Gasteiger partial charge in [0.15, 0.2) is 0 Å². The largest absolute Gasteiger partial charge is 0.444 e. The quantitative estimate of drug-likeness (QED) is 0.714. The van der Waals surface area contributed by atoms with Crippen LogP contribution in [0.25, 0.3) is 22.6 Å². The molecule has 2 N–H and O–H groups in total. The van der Waals surface area contributed by atoms with Gasteiger partial charge in [0.05, 0.1) is 23.6 Å². The summed E-state index contributed by atoms with van der Waals surface area (Å²) >= 11 is 0. The molecule has 0 radical (unpaired) electrons. The second kappa shape index (κ2) is 7.65. The van der Waals surface area contributed by atoms with E-state index >= 15 is 0 Å². The van der Waals surface area contributed by atoms with Crippen LogP contribution in [-0.2, 0) is 17.8 Å². The molecule has 0 aliphatic carbocycles. The lowest BCUT2D eigenvalue weighted by molar-refractivity contribution is 0.0523. The highest BCUT2D eigenvalue weighted by Crippen LogP contribution is 2.25. The van der Waals surface area contributed by atoms with Gasteiger partial charge in [-0.15, -0.1) is 0 Å². The van der Waals surface area contributed by atoms with Gasteiger partial charge in [0, 0.05) is 12.1 Å². The van der Waals surface area contributed by atoms with Gasteiger partial charge in [-0.25, -0.2) is 4.79 Å². The van der Waals surface area contributed by atoms with E-state index in [1.54, 1.807) is 0 Å². The lowest BCUT2D eigenvalue weighted by Gasteiger charge is -2.19. The SMILES string of the molecule is CCn1nc(-c2ccccc2)cc1-c1cc(CNC(=O)OC(C)(C)C)[nH]n1. The molecule has 7 nitrogen and oxygen atoms in total. The number of amides is 1. The number of nitrogens with zero attached hydrogens (tertiary/aromatic N) is 3. The van der Waals surface area contributed by atoms with Crippen molar-refractivity contribution in [1.82, 2.24) is 25.3 Å². The number of rotatable bonds is 5. The average molecular weight is 367 g/mol. The van der Waals surface area contributed by atoms with E-state index in [0.717, 1.165) is 34.9 Å². The number of aryl methyl sites for hydroxylation is 1. The fourth-order valence-electron chi connectivity index (χ4n) is 2.68. The van der Waals surface area contributed by atoms with E-state index in [1.165, 1.54) is 0 Å². The number of hydrogen-bond donors (Lipinski definition) is 2. The summed E-state index contributed by atoms with van der Waals surface area (Å²) < 4.78 is 7.16. The summed E-state index contributed by atoms with van der Waals surface area (Å²) in [6, 6.07) is 14.0. The van der Waals surface area contributed by atoms with Crippen molar-refractivity contribution in [2.45, 2.75) is 46.4 Å². The normalized spacial score (nSPS) is 11.4.